The van der Waals surface area contributed by atoms with Gasteiger partial charge in [0.1, 0.15) is 12.1 Å². The summed E-state index contributed by atoms with van der Waals surface area (Å²) in [6.07, 6.45) is 10.1. The number of nitrogens with zero attached hydrogens (tertiary/aromatic N) is 2. The Balaban J connectivity index is 2.19. The Morgan fingerprint density at radius 2 is 1.93 bits per heavy atom. The predicted octanol–water partition coefficient (Wildman–Crippen LogP) is 2.09. The van der Waals surface area contributed by atoms with Gasteiger partial charge in [0, 0.05) is 24.7 Å². The van der Waals surface area contributed by atoms with Crippen molar-refractivity contribution in [1.29, 1.82) is 0 Å². The highest BCUT2D eigenvalue weighted by atomic mass is 16.1. The van der Waals surface area contributed by atoms with Gasteiger partial charge >= 0.3 is 0 Å². The smallest absolute Gasteiger partial charge is 0.140 e. The molecule has 3 nitrogen and oxygen atoms in total. The van der Waals surface area contributed by atoms with Crippen molar-refractivity contribution >= 4 is 5.78 Å². The van der Waals surface area contributed by atoms with Crippen LogP contribution in [0.15, 0.2) is 18.7 Å². The van der Waals surface area contributed by atoms with Crippen LogP contribution in [0.1, 0.15) is 43.6 Å². The summed E-state index contributed by atoms with van der Waals surface area (Å²) in [6, 6.07) is 0. The van der Waals surface area contributed by atoms with Gasteiger partial charge in [0.05, 0.1) is 0 Å². The first kappa shape index (κ1) is 9.31. The Kier molecular flexibility index (Phi) is 2.87. The summed E-state index contributed by atoms with van der Waals surface area (Å²) in [4.78, 5) is 19.7. The Hall–Kier alpha value is -1.25. The third-order valence-corrected chi connectivity index (χ3v) is 2.79. The van der Waals surface area contributed by atoms with Gasteiger partial charge in [-0.3, -0.25) is 4.79 Å². The molecule has 1 unspecified atom stereocenters. The van der Waals surface area contributed by atoms with Crippen molar-refractivity contribution in [3.63, 3.8) is 0 Å². The molecule has 1 saturated carbocycles. The average molecular weight is 190 g/mol. The van der Waals surface area contributed by atoms with E-state index in [9.17, 15) is 4.79 Å². The topological polar surface area (TPSA) is 42.9 Å². The molecule has 3 heteroatoms. The molecule has 74 valence electrons. The van der Waals surface area contributed by atoms with Gasteiger partial charge in [-0.1, -0.05) is 12.8 Å². The molecule has 0 aromatic carbocycles. The quantitative estimate of drug-likeness (QED) is 0.637. The minimum atomic E-state index is 0.0544. The molecule has 0 saturated heterocycles. The van der Waals surface area contributed by atoms with Gasteiger partial charge in [0.15, 0.2) is 0 Å². The average Bonchev–Trinajstić information content (AvgIpc) is 2.44. The first-order valence-electron chi connectivity index (χ1n) is 5.15. The molecule has 1 aliphatic rings. The zero-order valence-electron chi connectivity index (χ0n) is 8.15. The Morgan fingerprint density at radius 3 is 2.71 bits per heavy atom. The second kappa shape index (κ2) is 4.31. The van der Waals surface area contributed by atoms with E-state index in [1.807, 2.05) is 0 Å². The van der Waals surface area contributed by atoms with Crippen molar-refractivity contribution in [3.8, 4) is 0 Å². The number of carbonyl (C=O) groups excluding carboxylic acids is 1. The van der Waals surface area contributed by atoms with E-state index < -0.39 is 0 Å². The molecule has 1 heterocycles. The summed E-state index contributed by atoms with van der Waals surface area (Å²) >= 11 is 0. The number of carbonyl (C=O) groups is 1. The summed E-state index contributed by atoms with van der Waals surface area (Å²) in [7, 11) is 0. The lowest BCUT2D eigenvalue weighted by molar-refractivity contribution is -0.120. The molecular weight excluding hydrogens is 176 g/mol. The maximum absolute atomic E-state index is 11.8. The number of rotatable bonds is 1. The van der Waals surface area contributed by atoms with Crippen LogP contribution in [0, 0.1) is 0 Å². The van der Waals surface area contributed by atoms with Gasteiger partial charge in [-0.2, -0.15) is 0 Å². The molecule has 1 aliphatic carbocycles. The lowest BCUT2D eigenvalue weighted by Crippen LogP contribution is -2.10. The number of ketones is 1. The Labute approximate surface area is 83.6 Å². The van der Waals surface area contributed by atoms with Crippen LogP contribution in [0.2, 0.25) is 0 Å². The molecule has 0 amide bonds. The predicted molar refractivity (Wildman–Crippen MR) is 52.9 cm³/mol. The zero-order valence-corrected chi connectivity index (χ0v) is 8.15. The van der Waals surface area contributed by atoms with Crippen LogP contribution < -0.4 is 0 Å². The molecule has 0 spiro atoms. The standard InChI is InChI=1S/C11H14N2O/c14-11-5-3-1-2-4-10(11)9-6-12-8-13-7-9/h6-8,10H,1-5H2. The van der Waals surface area contributed by atoms with Crippen LogP contribution in [0.4, 0.5) is 0 Å². The van der Waals surface area contributed by atoms with Crippen LogP contribution in [-0.2, 0) is 4.79 Å². The normalized spacial score (nSPS) is 23.1. The molecular formula is C11H14N2O. The third kappa shape index (κ3) is 1.97. The Morgan fingerprint density at radius 1 is 1.14 bits per heavy atom. The van der Waals surface area contributed by atoms with Gasteiger partial charge in [0.2, 0.25) is 0 Å². The maximum atomic E-state index is 11.8. The van der Waals surface area contributed by atoms with Crippen molar-refractivity contribution in [2.75, 3.05) is 0 Å². The molecule has 0 N–H and O–H groups in total. The molecule has 0 aliphatic heterocycles. The SMILES string of the molecule is O=C1CCCCCC1c1cncnc1. The number of hydrogen-bond acceptors (Lipinski definition) is 3. The van der Waals surface area contributed by atoms with Crippen LogP contribution in [0.3, 0.4) is 0 Å². The molecule has 0 bridgehead atoms. The van der Waals surface area contributed by atoms with E-state index in [0.717, 1.165) is 31.2 Å². The number of Topliss-reactive ketones (excluding diaryl/α,β-unsaturated/α-hetero) is 1. The lowest BCUT2D eigenvalue weighted by atomic mass is 9.93. The van der Waals surface area contributed by atoms with Crippen molar-refractivity contribution in [3.05, 3.63) is 24.3 Å². The summed E-state index contributed by atoms with van der Waals surface area (Å²) in [6.45, 7) is 0. The fourth-order valence-electron chi connectivity index (χ4n) is 2.00. The van der Waals surface area contributed by atoms with Crippen molar-refractivity contribution in [1.82, 2.24) is 9.97 Å². The first-order valence-corrected chi connectivity index (χ1v) is 5.15. The maximum Gasteiger partial charge on any atom is 0.140 e. The van der Waals surface area contributed by atoms with E-state index in [-0.39, 0.29) is 5.92 Å². The van der Waals surface area contributed by atoms with Crippen LogP contribution in [0.25, 0.3) is 0 Å². The number of hydrogen-bond donors (Lipinski definition) is 0. The largest absolute Gasteiger partial charge is 0.299 e. The second-order valence-electron chi connectivity index (χ2n) is 3.79. The molecule has 2 rings (SSSR count). The monoisotopic (exact) mass is 190 g/mol. The Bertz CT molecular complexity index is 310. The second-order valence-corrected chi connectivity index (χ2v) is 3.79. The highest BCUT2D eigenvalue weighted by Gasteiger charge is 2.22. The van der Waals surface area contributed by atoms with Gasteiger partial charge in [0.25, 0.3) is 0 Å². The van der Waals surface area contributed by atoms with E-state index in [1.54, 1.807) is 12.4 Å². The van der Waals surface area contributed by atoms with E-state index in [1.165, 1.54) is 12.7 Å². The van der Waals surface area contributed by atoms with Crippen LogP contribution in [0.5, 0.6) is 0 Å². The lowest BCUT2D eigenvalue weighted by Gasteiger charge is -2.11. The molecule has 0 radical (unpaired) electrons. The van der Waals surface area contributed by atoms with Gasteiger partial charge in [-0.05, 0) is 18.4 Å². The minimum Gasteiger partial charge on any atom is -0.299 e. The van der Waals surface area contributed by atoms with Crippen molar-refractivity contribution in [2.24, 2.45) is 0 Å². The highest BCUT2D eigenvalue weighted by Crippen LogP contribution is 2.27. The summed E-state index contributed by atoms with van der Waals surface area (Å²) in [5.41, 5.74) is 0.986. The molecule has 1 atom stereocenters. The third-order valence-electron chi connectivity index (χ3n) is 2.79. The number of aromatic nitrogens is 2. The minimum absolute atomic E-state index is 0.0544. The van der Waals surface area contributed by atoms with Gasteiger partial charge in [-0.25, -0.2) is 9.97 Å². The summed E-state index contributed by atoms with van der Waals surface area (Å²) in [5, 5.41) is 0. The summed E-state index contributed by atoms with van der Waals surface area (Å²) in [5.74, 6) is 0.413. The zero-order chi connectivity index (χ0) is 9.80. The van der Waals surface area contributed by atoms with Crippen molar-refractivity contribution < 1.29 is 4.79 Å². The van der Waals surface area contributed by atoms with E-state index in [4.69, 9.17) is 0 Å². The molecule has 1 fully saturated rings. The van der Waals surface area contributed by atoms with Crippen molar-refractivity contribution in [2.45, 2.75) is 38.0 Å². The first-order chi connectivity index (χ1) is 6.88. The fraction of sp³-hybridized carbons (Fsp3) is 0.545. The molecule has 1 aromatic heterocycles. The van der Waals surface area contributed by atoms with E-state index >= 15 is 0 Å². The van der Waals surface area contributed by atoms with Crippen LogP contribution >= 0.6 is 0 Å². The van der Waals surface area contributed by atoms with Gasteiger partial charge in [-0.15, -0.1) is 0 Å². The van der Waals surface area contributed by atoms with E-state index in [0.29, 0.717) is 5.78 Å². The molecule has 1 aromatic rings. The van der Waals surface area contributed by atoms with E-state index in [2.05, 4.69) is 9.97 Å². The van der Waals surface area contributed by atoms with Crippen LogP contribution in [-0.4, -0.2) is 15.8 Å². The highest BCUT2D eigenvalue weighted by molar-refractivity contribution is 5.85. The fourth-order valence-corrected chi connectivity index (χ4v) is 2.00. The molecule has 14 heavy (non-hydrogen) atoms. The van der Waals surface area contributed by atoms with Gasteiger partial charge < -0.3 is 0 Å². The summed E-state index contributed by atoms with van der Waals surface area (Å²) < 4.78 is 0.